The first-order chi connectivity index (χ1) is 10.1. The van der Waals surface area contributed by atoms with Crippen LogP contribution in [0.25, 0.3) is 0 Å². The summed E-state index contributed by atoms with van der Waals surface area (Å²) in [5.41, 5.74) is 10.2. The van der Waals surface area contributed by atoms with Gasteiger partial charge in [0, 0.05) is 6.04 Å². The summed E-state index contributed by atoms with van der Waals surface area (Å²) in [7, 11) is 1.68. The van der Waals surface area contributed by atoms with Gasteiger partial charge in [-0.15, -0.1) is 0 Å². The lowest BCUT2D eigenvalue weighted by Gasteiger charge is -2.13. The van der Waals surface area contributed by atoms with E-state index in [0.717, 1.165) is 18.6 Å². The lowest BCUT2D eigenvalue weighted by Crippen LogP contribution is -2.25. The molecule has 0 spiro atoms. The van der Waals surface area contributed by atoms with Gasteiger partial charge >= 0.3 is 0 Å². The predicted molar refractivity (Wildman–Crippen MR) is 88.9 cm³/mol. The molecule has 0 saturated carbocycles. The summed E-state index contributed by atoms with van der Waals surface area (Å²) in [5, 5.41) is 0. The Kier molecular flexibility index (Phi) is 5.40. The average molecular weight is 283 g/mol. The summed E-state index contributed by atoms with van der Waals surface area (Å²) in [5.74, 6) is 1.46. The summed E-state index contributed by atoms with van der Waals surface area (Å²) in [6.07, 6.45) is 1.79. The lowest BCUT2D eigenvalue weighted by atomic mass is 9.97. The van der Waals surface area contributed by atoms with Gasteiger partial charge < -0.3 is 10.5 Å². The fraction of sp³-hybridized carbons (Fsp3) is 0.368. The van der Waals surface area contributed by atoms with Crippen LogP contribution >= 0.6 is 0 Å². The molecule has 2 heteroatoms. The fourth-order valence-electron chi connectivity index (χ4n) is 2.48. The minimum Gasteiger partial charge on any atom is -0.497 e. The molecule has 2 aromatic rings. The van der Waals surface area contributed by atoms with Crippen LogP contribution in [0.3, 0.4) is 0 Å². The molecule has 0 heterocycles. The molecule has 21 heavy (non-hydrogen) atoms. The molecule has 112 valence electrons. The minimum atomic E-state index is 0.142. The largest absolute Gasteiger partial charge is 0.497 e. The highest BCUT2D eigenvalue weighted by atomic mass is 16.5. The second kappa shape index (κ2) is 7.28. The van der Waals surface area contributed by atoms with Crippen LogP contribution in [0.2, 0.25) is 0 Å². The van der Waals surface area contributed by atoms with Crippen molar-refractivity contribution in [1.29, 1.82) is 0 Å². The van der Waals surface area contributed by atoms with Gasteiger partial charge in [0.1, 0.15) is 5.75 Å². The highest BCUT2D eigenvalue weighted by molar-refractivity contribution is 5.29. The van der Waals surface area contributed by atoms with Crippen molar-refractivity contribution in [1.82, 2.24) is 0 Å². The van der Waals surface area contributed by atoms with Crippen LogP contribution in [0, 0.1) is 0 Å². The molecular formula is C19H25NO. The molecule has 2 rings (SSSR count). The third-order valence-corrected chi connectivity index (χ3v) is 3.80. The molecule has 0 aliphatic heterocycles. The standard InChI is InChI=1S/C19H25NO/c1-14(2)17-8-4-15(5-9-17)12-18(20)13-16-6-10-19(21-3)11-7-16/h4-11,14,18H,12-13,20H2,1-3H3. The van der Waals surface area contributed by atoms with E-state index in [1.54, 1.807) is 7.11 Å². The fourth-order valence-corrected chi connectivity index (χ4v) is 2.48. The summed E-state index contributed by atoms with van der Waals surface area (Å²) >= 11 is 0. The topological polar surface area (TPSA) is 35.2 Å². The van der Waals surface area contributed by atoms with Crippen LogP contribution in [-0.2, 0) is 12.8 Å². The molecule has 0 fully saturated rings. The van der Waals surface area contributed by atoms with Crippen molar-refractivity contribution in [2.24, 2.45) is 5.73 Å². The monoisotopic (exact) mass is 283 g/mol. The van der Waals surface area contributed by atoms with Crippen molar-refractivity contribution in [2.75, 3.05) is 7.11 Å². The van der Waals surface area contributed by atoms with E-state index in [1.165, 1.54) is 16.7 Å². The summed E-state index contributed by atoms with van der Waals surface area (Å²) < 4.78 is 5.17. The number of methoxy groups -OCH3 is 1. The maximum Gasteiger partial charge on any atom is 0.118 e. The summed E-state index contributed by atoms with van der Waals surface area (Å²) in [6, 6.07) is 17.1. The molecular weight excluding hydrogens is 258 g/mol. The van der Waals surface area contributed by atoms with Crippen LogP contribution in [-0.4, -0.2) is 13.2 Å². The van der Waals surface area contributed by atoms with Crippen molar-refractivity contribution < 1.29 is 4.74 Å². The predicted octanol–water partition coefficient (Wildman–Crippen LogP) is 3.93. The van der Waals surface area contributed by atoms with Crippen LogP contribution < -0.4 is 10.5 Å². The zero-order valence-electron chi connectivity index (χ0n) is 13.2. The maximum atomic E-state index is 6.27. The molecule has 0 aliphatic rings. The SMILES string of the molecule is COc1ccc(CC(N)Cc2ccc(C(C)C)cc2)cc1. The van der Waals surface area contributed by atoms with E-state index in [-0.39, 0.29) is 6.04 Å². The molecule has 0 amide bonds. The van der Waals surface area contributed by atoms with E-state index in [2.05, 4.69) is 50.2 Å². The quantitative estimate of drug-likeness (QED) is 0.871. The van der Waals surface area contributed by atoms with Gasteiger partial charge in [-0.2, -0.15) is 0 Å². The third-order valence-electron chi connectivity index (χ3n) is 3.80. The molecule has 1 atom stereocenters. The number of benzene rings is 2. The van der Waals surface area contributed by atoms with Crippen molar-refractivity contribution in [3.8, 4) is 5.75 Å². The second-order valence-electron chi connectivity index (χ2n) is 5.91. The lowest BCUT2D eigenvalue weighted by molar-refractivity contribution is 0.414. The molecule has 2 aromatic carbocycles. The third kappa shape index (κ3) is 4.61. The van der Waals surface area contributed by atoms with Crippen molar-refractivity contribution in [2.45, 2.75) is 38.6 Å². The van der Waals surface area contributed by atoms with Crippen LogP contribution in [0.4, 0.5) is 0 Å². The van der Waals surface area contributed by atoms with Crippen LogP contribution in [0.1, 0.15) is 36.5 Å². The Hall–Kier alpha value is -1.80. The number of hydrogen-bond acceptors (Lipinski definition) is 2. The Morgan fingerprint density at radius 2 is 1.33 bits per heavy atom. The Labute approximate surface area is 127 Å². The molecule has 2 N–H and O–H groups in total. The normalized spacial score (nSPS) is 12.4. The number of ether oxygens (including phenoxy) is 1. The zero-order valence-corrected chi connectivity index (χ0v) is 13.2. The number of nitrogens with two attached hydrogens (primary N) is 1. The van der Waals surface area contributed by atoms with Crippen LogP contribution in [0.15, 0.2) is 48.5 Å². The second-order valence-corrected chi connectivity index (χ2v) is 5.91. The first-order valence-electron chi connectivity index (χ1n) is 7.56. The first-order valence-corrected chi connectivity index (χ1v) is 7.56. The Morgan fingerprint density at radius 1 is 0.857 bits per heavy atom. The van der Waals surface area contributed by atoms with Gasteiger partial charge in [-0.05, 0) is 47.6 Å². The van der Waals surface area contributed by atoms with E-state index in [4.69, 9.17) is 10.5 Å². The first kappa shape index (κ1) is 15.6. The number of rotatable bonds is 6. The molecule has 2 nitrogen and oxygen atoms in total. The van der Waals surface area contributed by atoms with Crippen molar-refractivity contribution in [3.63, 3.8) is 0 Å². The van der Waals surface area contributed by atoms with Gasteiger partial charge in [-0.3, -0.25) is 0 Å². The van der Waals surface area contributed by atoms with Crippen LogP contribution in [0.5, 0.6) is 5.75 Å². The van der Waals surface area contributed by atoms with Gasteiger partial charge in [-0.1, -0.05) is 50.2 Å². The van der Waals surface area contributed by atoms with E-state index in [1.807, 2.05) is 12.1 Å². The van der Waals surface area contributed by atoms with Gasteiger partial charge in [0.25, 0.3) is 0 Å². The van der Waals surface area contributed by atoms with E-state index >= 15 is 0 Å². The van der Waals surface area contributed by atoms with E-state index in [9.17, 15) is 0 Å². The Morgan fingerprint density at radius 3 is 1.76 bits per heavy atom. The molecule has 0 saturated heterocycles. The van der Waals surface area contributed by atoms with Gasteiger partial charge in [0.15, 0.2) is 0 Å². The summed E-state index contributed by atoms with van der Waals surface area (Å²) in [4.78, 5) is 0. The highest BCUT2D eigenvalue weighted by Crippen LogP contribution is 2.17. The van der Waals surface area contributed by atoms with Gasteiger partial charge in [0.2, 0.25) is 0 Å². The minimum absolute atomic E-state index is 0.142. The molecule has 0 aliphatic carbocycles. The van der Waals surface area contributed by atoms with Crippen molar-refractivity contribution >= 4 is 0 Å². The molecule has 1 unspecified atom stereocenters. The number of hydrogen-bond donors (Lipinski definition) is 1. The van der Waals surface area contributed by atoms with Gasteiger partial charge in [0.05, 0.1) is 7.11 Å². The smallest absolute Gasteiger partial charge is 0.118 e. The van der Waals surface area contributed by atoms with E-state index < -0.39 is 0 Å². The molecule has 0 radical (unpaired) electrons. The zero-order chi connectivity index (χ0) is 15.2. The molecule has 0 bridgehead atoms. The van der Waals surface area contributed by atoms with E-state index in [0.29, 0.717) is 5.92 Å². The molecule has 0 aromatic heterocycles. The maximum absolute atomic E-state index is 6.27. The Bertz CT molecular complexity index is 543. The highest BCUT2D eigenvalue weighted by Gasteiger charge is 2.07. The van der Waals surface area contributed by atoms with Gasteiger partial charge in [-0.25, -0.2) is 0 Å². The summed E-state index contributed by atoms with van der Waals surface area (Å²) in [6.45, 7) is 4.43. The Balaban J connectivity index is 1.92. The van der Waals surface area contributed by atoms with Crippen molar-refractivity contribution in [3.05, 3.63) is 65.2 Å². The average Bonchev–Trinajstić information content (AvgIpc) is 2.48.